The number of carbonyl (C=O) groups is 1. The molecule has 0 spiro atoms. The summed E-state index contributed by atoms with van der Waals surface area (Å²) in [4.78, 5) is 17.4. The highest BCUT2D eigenvalue weighted by atomic mass is 19.4. The van der Waals surface area contributed by atoms with E-state index < -0.39 is 29.3 Å². The second kappa shape index (κ2) is 8.70. The van der Waals surface area contributed by atoms with Crippen LogP contribution in [0.2, 0.25) is 0 Å². The van der Waals surface area contributed by atoms with Gasteiger partial charge < -0.3 is 19.1 Å². The van der Waals surface area contributed by atoms with Crippen LogP contribution in [0.4, 0.5) is 22.4 Å². The molecule has 2 aromatic rings. The first-order valence-electron chi connectivity index (χ1n) is 9.50. The van der Waals surface area contributed by atoms with Crippen molar-refractivity contribution in [2.75, 3.05) is 13.1 Å². The SMILES string of the molecule is CC(C)(C)OC(=O)N1CC(OCc2cc(C(F)(F)F)cc(Oc3ccc(F)cc3)n2)C1. The summed E-state index contributed by atoms with van der Waals surface area (Å²) in [6.45, 7) is 5.60. The van der Waals surface area contributed by atoms with Crippen LogP contribution >= 0.6 is 0 Å². The lowest BCUT2D eigenvalue weighted by Gasteiger charge is -2.39. The molecule has 1 saturated heterocycles. The second-order valence-corrected chi connectivity index (χ2v) is 8.06. The van der Waals surface area contributed by atoms with Crippen LogP contribution in [0.5, 0.6) is 11.6 Å². The Bertz CT molecular complexity index is 920. The fraction of sp³-hybridized carbons (Fsp3) is 0.429. The number of ether oxygens (including phenoxy) is 3. The molecule has 0 unspecified atom stereocenters. The molecule has 31 heavy (non-hydrogen) atoms. The predicted octanol–water partition coefficient (Wildman–Crippen LogP) is 5.17. The summed E-state index contributed by atoms with van der Waals surface area (Å²) in [6.07, 6.45) is -5.42. The number of alkyl halides is 3. The standard InChI is InChI=1S/C21H22F4N2O4/c1-20(2,3)31-19(28)27-10-17(11-27)29-12-15-8-13(21(23,24)25)9-18(26-15)30-16-6-4-14(22)5-7-16/h4-9,17H,10-12H2,1-3H3. The number of benzene rings is 1. The van der Waals surface area contributed by atoms with E-state index in [2.05, 4.69) is 4.98 Å². The lowest BCUT2D eigenvalue weighted by atomic mass is 10.1. The van der Waals surface area contributed by atoms with Gasteiger partial charge in [0, 0.05) is 6.07 Å². The summed E-state index contributed by atoms with van der Waals surface area (Å²) in [5.41, 5.74) is -1.55. The molecule has 0 saturated carbocycles. The molecule has 10 heteroatoms. The zero-order chi connectivity index (χ0) is 22.8. The number of aromatic nitrogens is 1. The number of nitrogens with zero attached hydrogens (tertiary/aromatic N) is 2. The average molecular weight is 442 g/mol. The van der Waals surface area contributed by atoms with E-state index in [1.165, 1.54) is 17.0 Å². The molecule has 6 nitrogen and oxygen atoms in total. The number of pyridine rings is 1. The van der Waals surface area contributed by atoms with Crippen molar-refractivity contribution in [1.29, 1.82) is 0 Å². The largest absolute Gasteiger partial charge is 0.444 e. The van der Waals surface area contributed by atoms with Crippen molar-refractivity contribution < 1.29 is 36.6 Å². The quantitative estimate of drug-likeness (QED) is 0.598. The van der Waals surface area contributed by atoms with Crippen molar-refractivity contribution in [3.63, 3.8) is 0 Å². The maximum absolute atomic E-state index is 13.3. The van der Waals surface area contributed by atoms with E-state index in [0.717, 1.165) is 24.3 Å². The fourth-order valence-corrected chi connectivity index (χ4v) is 2.70. The zero-order valence-corrected chi connectivity index (χ0v) is 17.2. The Labute approximate surface area is 176 Å². The van der Waals surface area contributed by atoms with Crippen molar-refractivity contribution in [3.8, 4) is 11.6 Å². The molecule has 1 amide bonds. The van der Waals surface area contributed by atoms with Crippen LogP contribution in [0, 0.1) is 5.82 Å². The molecule has 1 aliphatic rings. The second-order valence-electron chi connectivity index (χ2n) is 8.06. The van der Waals surface area contributed by atoms with Crippen LogP contribution in [0.3, 0.4) is 0 Å². The Morgan fingerprint density at radius 1 is 1.13 bits per heavy atom. The zero-order valence-electron chi connectivity index (χ0n) is 17.2. The maximum atomic E-state index is 13.3. The van der Waals surface area contributed by atoms with Gasteiger partial charge in [0.25, 0.3) is 0 Å². The molecule has 0 radical (unpaired) electrons. The van der Waals surface area contributed by atoms with E-state index in [-0.39, 0.29) is 43.1 Å². The van der Waals surface area contributed by atoms with Crippen molar-refractivity contribution in [2.24, 2.45) is 0 Å². The number of hydrogen-bond donors (Lipinski definition) is 0. The molecule has 1 aromatic carbocycles. The summed E-state index contributed by atoms with van der Waals surface area (Å²) in [7, 11) is 0. The monoisotopic (exact) mass is 442 g/mol. The first kappa shape index (κ1) is 22.8. The number of hydrogen-bond acceptors (Lipinski definition) is 5. The first-order valence-corrected chi connectivity index (χ1v) is 9.50. The van der Waals surface area contributed by atoms with Crippen LogP contribution in [0.15, 0.2) is 36.4 Å². The van der Waals surface area contributed by atoms with Gasteiger partial charge in [-0.1, -0.05) is 0 Å². The Hall–Kier alpha value is -2.88. The van der Waals surface area contributed by atoms with Gasteiger partial charge in [-0.15, -0.1) is 0 Å². The third-order valence-electron chi connectivity index (χ3n) is 4.18. The summed E-state index contributed by atoms with van der Waals surface area (Å²) in [5.74, 6) is -0.643. The highest BCUT2D eigenvalue weighted by Gasteiger charge is 2.35. The Morgan fingerprint density at radius 3 is 2.35 bits per heavy atom. The number of carbonyl (C=O) groups excluding carboxylic acids is 1. The highest BCUT2D eigenvalue weighted by molar-refractivity contribution is 5.69. The molecule has 0 atom stereocenters. The number of likely N-dealkylation sites (tertiary alicyclic amines) is 1. The van der Waals surface area contributed by atoms with Crippen LogP contribution in [-0.4, -0.2) is 40.8 Å². The minimum atomic E-state index is -4.61. The van der Waals surface area contributed by atoms with E-state index in [1.807, 2.05) is 0 Å². The van der Waals surface area contributed by atoms with Crippen molar-refractivity contribution in [1.82, 2.24) is 9.88 Å². The van der Waals surface area contributed by atoms with Crippen LogP contribution in [0.1, 0.15) is 32.0 Å². The van der Waals surface area contributed by atoms with E-state index in [1.54, 1.807) is 20.8 Å². The van der Waals surface area contributed by atoms with E-state index in [0.29, 0.717) is 0 Å². The summed E-state index contributed by atoms with van der Waals surface area (Å²) < 4.78 is 69.0. The number of halogens is 4. The van der Waals surface area contributed by atoms with Crippen LogP contribution in [-0.2, 0) is 22.3 Å². The molecule has 1 aliphatic heterocycles. The van der Waals surface area contributed by atoms with Crippen molar-refractivity contribution in [2.45, 2.75) is 45.3 Å². The van der Waals surface area contributed by atoms with Gasteiger partial charge in [-0.3, -0.25) is 0 Å². The van der Waals surface area contributed by atoms with Crippen molar-refractivity contribution >= 4 is 6.09 Å². The number of amides is 1. The Balaban J connectivity index is 1.63. The molecule has 1 aromatic heterocycles. The molecule has 0 bridgehead atoms. The minimum absolute atomic E-state index is 0.0163. The summed E-state index contributed by atoms with van der Waals surface area (Å²) in [6, 6.07) is 6.46. The smallest absolute Gasteiger partial charge is 0.416 e. The molecular formula is C21H22F4N2O4. The molecule has 1 fully saturated rings. The third kappa shape index (κ3) is 6.55. The average Bonchev–Trinajstić information content (AvgIpc) is 2.60. The van der Waals surface area contributed by atoms with Gasteiger partial charge in [0.05, 0.1) is 37.1 Å². The van der Waals surface area contributed by atoms with Gasteiger partial charge in [0.2, 0.25) is 5.88 Å². The van der Waals surface area contributed by atoms with Crippen LogP contribution < -0.4 is 4.74 Å². The van der Waals surface area contributed by atoms with Gasteiger partial charge >= 0.3 is 12.3 Å². The minimum Gasteiger partial charge on any atom is -0.444 e. The molecule has 168 valence electrons. The van der Waals surface area contributed by atoms with Gasteiger partial charge in [0.15, 0.2) is 0 Å². The lowest BCUT2D eigenvalue weighted by Crippen LogP contribution is -2.55. The third-order valence-corrected chi connectivity index (χ3v) is 4.18. The first-order chi connectivity index (χ1) is 14.4. The number of rotatable bonds is 5. The van der Waals surface area contributed by atoms with E-state index >= 15 is 0 Å². The van der Waals surface area contributed by atoms with E-state index in [4.69, 9.17) is 14.2 Å². The molecule has 2 heterocycles. The molecular weight excluding hydrogens is 420 g/mol. The van der Waals surface area contributed by atoms with Gasteiger partial charge in [-0.05, 0) is 51.1 Å². The topological polar surface area (TPSA) is 60.9 Å². The van der Waals surface area contributed by atoms with Gasteiger partial charge in [0.1, 0.15) is 17.2 Å². The fourth-order valence-electron chi connectivity index (χ4n) is 2.70. The van der Waals surface area contributed by atoms with E-state index in [9.17, 15) is 22.4 Å². The van der Waals surface area contributed by atoms with Gasteiger partial charge in [-0.2, -0.15) is 13.2 Å². The summed E-state index contributed by atoms with van der Waals surface area (Å²) in [5, 5.41) is 0. The molecule has 3 rings (SSSR count). The summed E-state index contributed by atoms with van der Waals surface area (Å²) >= 11 is 0. The Kier molecular flexibility index (Phi) is 6.40. The highest BCUT2D eigenvalue weighted by Crippen LogP contribution is 2.33. The lowest BCUT2D eigenvalue weighted by molar-refractivity contribution is -0.137. The van der Waals surface area contributed by atoms with Crippen molar-refractivity contribution in [3.05, 3.63) is 53.5 Å². The van der Waals surface area contributed by atoms with Gasteiger partial charge in [-0.25, -0.2) is 14.2 Å². The maximum Gasteiger partial charge on any atom is 0.416 e. The predicted molar refractivity (Wildman–Crippen MR) is 102 cm³/mol. The Morgan fingerprint density at radius 2 is 1.77 bits per heavy atom. The van der Waals surface area contributed by atoms with Crippen LogP contribution in [0.25, 0.3) is 0 Å². The molecule has 0 N–H and O–H groups in total. The molecule has 0 aliphatic carbocycles. The normalized spacial score (nSPS) is 14.9.